The number of nitrogens with one attached hydrogen (secondary N) is 1. The summed E-state index contributed by atoms with van der Waals surface area (Å²) in [5.74, 6) is -0.816. The van der Waals surface area contributed by atoms with E-state index in [1.807, 2.05) is 18.2 Å². The Morgan fingerprint density at radius 1 is 1.29 bits per heavy atom. The second-order valence-corrected chi connectivity index (χ2v) is 5.77. The number of aromatic nitrogens is 1. The monoisotopic (exact) mass is 330 g/mol. The van der Waals surface area contributed by atoms with Crippen molar-refractivity contribution in [2.75, 3.05) is 6.61 Å². The van der Waals surface area contributed by atoms with Gasteiger partial charge in [-0.25, -0.2) is 9.78 Å². The summed E-state index contributed by atoms with van der Waals surface area (Å²) in [4.78, 5) is 26.3. The first-order valence-electron chi connectivity index (χ1n) is 7.71. The van der Waals surface area contributed by atoms with Gasteiger partial charge in [-0.05, 0) is 24.3 Å². The summed E-state index contributed by atoms with van der Waals surface area (Å²) in [6, 6.07) is 10.4. The minimum Gasteiger partial charge on any atom is -0.476 e. The summed E-state index contributed by atoms with van der Waals surface area (Å²) < 4.78 is 10.1. The minimum absolute atomic E-state index is 0.100. The number of nitrogens with zero attached hydrogens (tertiary/aromatic N) is 1. The van der Waals surface area contributed by atoms with Crippen LogP contribution in [-0.2, 0) is 16.1 Å². The van der Waals surface area contributed by atoms with Gasteiger partial charge in [0.05, 0.1) is 0 Å². The summed E-state index contributed by atoms with van der Waals surface area (Å²) >= 11 is 0. The van der Waals surface area contributed by atoms with Crippen LogP contribution < -0.4 is 5.32 Å². The van der Waals surface area contributed by atoms with Crippen molar-refractivity contribution in [2.24, 2.45) is 0 Å². The molecule has 24 heavy (non-hydrogen) atoms. The highest BCUT2D eigenvalue weighted by Gasteiger charge is 2.31. The molecule has 0 aliphatic heterocycles. The number of oxazole rings is 1. The number of carboxylic acid groups (broad SMARTS) is 1. The fourth-order valence-corrected chi connectivity index (χ4v) is 2.79. The molecule has 7 heteroatoms. The second-order valence-electron chi connectivity index (χ2n) is 5.77. The number of aromatic carboxylic acids is 1. The van der Waals surface area contributed by atoms with E-state index >= 15 is 0 Å². The lowest BCUT2D eigenvalue weighted by Crippen LogP contribution is -2.44. The molecule has 1 heterocycles. The van der Waals surface area contributed by atoms with Crippen LogP contribution in [0.25, 0.3) is 0 Å². The molecule has 1 amide bonds. The third-order valence-corrected chi connectivity index (χ3v) is 4.08. The Bertz CT molecular complexity index is 707. The molecule has 3 rings (SSSR count). The van der Waals surface area contributed by atoms with Crippen molar-refractivity contribution in [3.63, 3.8) is 0 Å². The van der Waals surface area contributed by atoms with Crippen LogP contribution in [0.5, 0.6) is 0 Å². The predicted molar refractivity (Wildman–Crippen MR) is 83.5 cm³/mol. The van der Waals surface area contributed by atoms with Crippen molar-refractivity contribution in [3.05, 3.63) is 53.7 Å². The average molecular weight is 330 g/mol. The molecule has 0 unspecified atom stereocenters. The first-order chi connectivity index (χ1) is 11.6. The van der Waals surface area contributed by atoms with Crippen molar-refractivity contribution in [1.29, 1.82) is 0 Å². The highest BCUT2D eigenvalue weighted by molar-refractivity contribution is 5.86. The van der Waals surface area contributed by atoms with E-state index < -0.39 is 5.97 Å². The Hall–Kier alpha value is -2.67. The van der Waals surface area contributed by atoms with Crippen LogP contribution in [0.1, 0.15) is 40.6 Å². The number of hydrogen-bond acceptors (Lipinski definition) is 5. The number of hydrogen-bond donors (Lipinski definition) is 2. The van der Waals surface area contributed by atoms with Gasteiger partial charge in [0, 0.05) is 6.04 Å². The maximum atomic E-state index is 11.8. The molecule has 0 atom stereocenters. The molecule has 1 saturated carbocycles. The van der Waals surface area contributed by atoms with E-state index in [-0.39, 0.29) is 36.6 Å². The van der Waals surface area contributed by atoms with Crippen molar-refractivity contribution < 1.29 is 23.8 Å². The smallest absolute Gasteiger partial charge is 0.358 e. The molecule has 0 saturated heterocycles. The average Bonchev–Trinajstić information content (AvgIpc) is 3.00. The zero-order chi connectivity index (χ0) is 16.9. The summed E-state index contributed by atoms with van der Waals surface area (Å²) in [5.41, 5.74) is 1.10. The molecule has 1 fully saturated rings. The van der Waals surface area contributed by atoms with E-state index in [1.54, 1.807) is 0 Å². The standard InChI is InChI=1S/C17H18N2O5/c20-15(9-23-8-14-16(17(21)22)18-10-24-14)19-13-6-12(7-13)11-4-2-1-3-5-11/h1-5,10,12-13H,6-9H2,(H,19,20)(H,21,22). The SMILES string of the molecule is O=C(COCc1ocnc1C(=O)O)NC1CC(c2ccccc2)C1. The van der Waals surface area contributed by atoms with Crippen LogP contribution in [0, 0.1) is 0 Å². The Labute approximate surface area is 138 Å². The largest absolute Gasteiger partial charge is 0.476 e. The predicted octanol–water partition coefficient (Wildman–Crippen LogP) is 1.95. The highest BCUT2D eigenvalue weighted by Crippen LogP contribution is 2.36. The molecular formula is C17H18N2O5. The Morgan fingerprint density at radius 3 is 2.75 bits per heavy atom. The molecule has 1 aromatic carbocycles. The molecule has 1 aliphatic rings. The number of rotatable bonds is 7. The number of carboxylic acids is 1. The van der Waals surface area contributed by atoms with Crippen LogP contribution >= 0.6 is 0 Å². The molecule has 0 spiro atoms. The van der Waals surface area contributed by atoms with Crippen LogP contribution in [0.3, 0.4) is 0 Å². The van der Waals surface area contributed by atoms with E-state index in [0.29, 0.717) is 5.92 Å². The van der Waals surface area contributed by atoms with E-state index in [4.69, 9.17) is 14.3 Å². The van der Waals surface area contributed by atoms with Crippen LogP contribution in [0.4, 0.5) is 0 Å². The van der Waals surface area contributed by atoms with E-state index in [1.165, 1.54) is 5.56 Å². The number of benzene rings is 1. The van der Waals surface area contributed by atoms with Crippen molar-refractivity contribution in [2.45, 2.75) is 31.4 Å². The van der Waals surface area contributed by atoms with Gasteiger partial charge in [-0.3, -0.25) is 4.79 Å². The van der Waals surface area contributed by atoms with Gasteiger partial charge in [0.25, 0.3) is 0 Å². The van der Waals surface area contributed by atoms with Crippen molar-refractivity contribution >= 4 is 11.9 Å². The van der Waals surface area contributed by atoms with Crippen LogP contribution in [0.15, 0.2) is 41.1 Å². The topological polar surface area (TPSA) is 102 Å². The van der Waals surface area contributed by atoms with Gasteiger partial charge in [0.15, 0.2) is 17.8 Å². The lowest BCUT2D eigenvalue weighted by molar-refractivity contribution is -0.127. The number of carbonyl (C=O) groups is 2. The van der Waals surface area contributed by atoms with Crippen LogP contribution in [0.2, 0.25) is 0 Å². The zero-order valence-corrected chi connectivity index (χ0v) is 13.0. The Balaban J connectivity index is 1.37. The first-order valence-corrected chi connectivity index (χ1v) is 7.71. The van der Waals surface area contributed by atoms with E-state index in [2.05, 4.69) is 22.4 Å². The lowest BCUT2D eigenvalue weighted by atomic mass is 9.76. The van der Waals surface area contributed by atoms with Gasteiger partial charge in [0.1, 0.15) is 13.2 Å². The number of amides is 1. The number of ether oxygens (including phenoxy) is 1. The van der Waals surface area contributed by atoms with Gasteiger partial charge in [-0.2, -0.15) is 0 Å². The molecule has 2 aromatic rings. The van der Waals surface area contributed by atoms with E-state index in [9.17, 15) is 9.59 Å². The van der Waals surface area contributed by atoms with Gasteiger partial charge < -0.3 is 19.6 Å². The van der Waals surface area contributed by atoms with Crippen molar-refractivity contribution in [3.8, 4) is 0 Å². The Kier molecular flexibility index (Phi) is 4.90. The molecular weight excluding hydrogens is 312 g/mol. The molecule has 1 aromatic heterocycles. The summed E-state index contributed by atoms with van der Waals surface area (Å²) in [7, 11) is 0. The summed E-state index contributed by atoms with van der Waals surface area (Å²) in [5, 5.41) is 11.8. The van der Waals surface area contributed by atoms with Gasteiger partial charge in [0.2, 0.25) is 5.91 Å². The molecule has 0 radical (unpaired) electrons. The Morgan fingerprint density at radius 2 is 2.04 bits per heavy atom. The van der Waals surface area contributed by atoms with Gasteiger partial charge in [-0.1, -0.05) is 30.3 Å². The van der Waals surface area contributed by atoms with E-state index in [0.717, 1.165) is 19.2 Å². The molecule has 1 aliphatic carbocycles. The molecule has 2 N–H and O–H groups in total. The van der Waals surface area contributed by atoms with Crippen LogP contribution in [-0.4, -0.2) is 34.6 Å². The highest BCUT2D eigenvalue weighted by atomic mass is 16.5. The van der Waals surface area contributed by atoms with Gasteiger partial charge in [-0.15, -0.1) is 0 Å². The summed E-state index contributed by atoms with van der Waals surface area (Å²) in [6.07, 6.45) is 2.88. The minimum atomic E-state index is -1.19. The lowest BCUT2D eigenvalue weighted by Gasteiger charge is -2.36. The second kappa shape index (κ2) is 7.27. The third-order valence-electron chi connectivity index (χ3n) is 4.08. The molecule has 7 nitrogen and oxygen atoms in total. The van der Waals surface area contributed by atoms with Gasteiger partial charge >= 0.3 is 5.97 Å². The number of carbonyl (C=O) groups excluding carboxylic acids is 1. The zero-order valence-electron chi connectivity index (χ0n) is 13.0. The summed E-state index contributed by atoms with van der Waals surface area (Å²) in [6.45, 7) is -0.251. The first kappa shape index (κ1) is 16.2. The fraction of sp³-hybridized carbons (Fsp3) is 0.353. The third kappa shape index (κ3) is 3.80. The fourth-order valence-electron chi connectivity index (χ4n) is 2.79. The quantitative estimate of drug-likeness (QED) is 0.804. The normalized spacial score (nSPS) is 19.5. The molecule has 126 valence electrons. The molecule has 0 bridgehead atoms. The van der Waals surface area contributed by atoms with Crippen molar-refractivity contribution in [1.82, 2.24) is 10.3 Å². The maximum absolute atomic E-state index is 11.8. The maximum Gasteiger partial charge on any atom is 0.358 e.